The highest BCUT2D eigenvalue weighted by atomic mass is 32.2. The van der Waals surface area contributed by atoms with Crippen LogP contribution >= 0.6 is 0 Å². The molecule has 1 atom stereocenters. The van der Waals surface area contributed by atoms with Crippen molar-refractivity contribution in [2.45, 2.75) is 4.90 Å². The van der Waals surface area contributed by atoms with Crippen molar-refractivity contribution in [3.63, 3.8) is 0 Å². The summed E-state index contributed by atoms with van der Waals surface area (Å²) in [6.45, 7) is 2.10. The van der Waals surface area contributed by atoms with E-state index < -0.39 is 9.92 Å². The molecule has 0 amide bonds. The smallest absolute Gasteiger partial charge is 0.137 e. The fourth-order valence-corrected chi connectivity index (χ4v) is 3.16. The average molecular weight is 241 g/mol. The Kier molecular flexibility index (Phi) is 3.13. The molecule has 1 fully saturated rings. The highest BCUT2D eigenvalue weighted by Crippen LogP contribution is 2.19. The maximum Gasteiger partial charge on any atom is 0.137 e. The van der Waals surface area contributed by atoms with E-state index in [-0.39, 0.29) is 0 Å². The maximum absolute atomic E-state index is 12.4. The average Bonchev–Trinajstić information content (AvgIpc) is 2.30. The van der Waals surface area contributed by atoms with Crippen LogP contribution in [0.2, 0.25) is 0 Å². The van der Waals surface area contributed by atoms with Crippen molar-refractivity contribution in [3.05, 3.63) is 24.3 Å². The Morgan fingerprint density at radius 3 is 2.69 bits per heavy atom. The molecule has 1 aromatic carbocycles. The lowest BCUT2D eigenvalue weighted by Crippen LogP contribution is -2.40. The summed E-state index contributed by atoms with van der Waals surface area (Å²) < 4.78 is 27.2. The number of morpholine rings is 1. The van der Waals surface area contributed by atoms with Gasteiger partial charge in [-0.15, -0.1) is 0 Å². The van der Waals surface area contributed by atoms with Crippen LogP contribution in [0.15, 0.2) is 29.2 Å². The Morgan fingerprint density at radius 2 is 2.06 bits per heavy atom. The van der Waals surface area contributed by atoms with Crippen LogP contribution < -0.4 is 5.73 Å². The second kappa shape index (κ2) is 4.40. The number of nitrogens with one attached hydrogen (secondary N) is 1. The molecule has 0 bridgehead atoms. The van der Waals surface area contributed by atoms with Crippen LogP contribution in [0.25, 0.3) is 0 Å². The molecular weight excluding hydrogens is 226 g/mol. The molecule has 1 aliphatic heterocycles. The molecule has 0 spiro atoms. The molecule has 6 heteroatoms. The van der Waals surface area contributed by atoms with Crippen LogP contribution in [0.4, 0.5) is 5.69 Å². The minimum Gasteiger partial charge on any atom is -0.399 e. The first kappa shape index (κ1) is 11.4. The number of benzene rings is 1. The second-order valence-electron chi connectivity index (χ2n) is 3.64. The molecule has 16 heavy (non-hydrogen) atoms. The molecule has 2 rings (SSSR count). The zero-order chi connectivity index (χ0) is 11.6. The fraction of sp³-hybridized carbons (Fsp3) is 0.400. The fourth-order valence-electron chi connectivity index (χ4n) is 1.64. The van der Waals surface area contributed by atoms with Crippen LogP contribution in [0.5, 0.6) is 0 Å². The van der Waals surface area contributed by atoms with Crippen LogP contribution in [-0.2, 0) is 14.7 Å². The summed E-state index contributed by atoms with van der Waals surface area (Å²) in [7, 11) is -2.91. The van der Waals surface area contributed by atoms with E-state index in [0.29, 0.717) is 36.9 Å². The summed E-state index contributed by atoms with van der Waals surface area (Å²) in [5.41, 5.74) is 6.17. The van der Waals surface area contributed by atoms with E-state index in [1.54, 1.807) is 28.6 Å². The first-order valence-corrected chi connectivity index (χ1v) is 6.59. The Hall–Kier alpha value is -1.11. The monoisotopic (exact) mass is 241 g/mol. The van der Waals surface area contributed by atoms with E-state index in [4.69, 9.17) is 15.3 Å². The predicted molar refractivity (Wildman–Crippen MR) is 62.4 cm³/mol. The zero-order valence-corrected chi connectivity index (χ0v) is 9.70. The number of rotatable bonds is 2. The van der Waals surface area contributed by atoms with Gasteiger partial charge in [0.25, 0.3) is 0 Å². The predicted octanol–water partition coefficient (Wildman–Crippen LogP) is 0.922. The standard InChI is InChI=1S/C10H15N3O2S/c11-9-2-1-3-10(8-9)16(12,14)13-4-6-15-7-5-13/h1-3,8,12H,4-7,11H2. The molecular formula is C10H15N3O2S. The van der Waals surface area contributed by atoms with Gasteiger partial charge in [-0.2, -0.15) is 0 Å². The van der Waals surface area contributed by atoms with Gasteiger partial charge in [0.1, 0.15) is 9.92 Å². The quantitative estimate of drug-likeness (QED) is 0.756. The highest BCUT2D eigenvalue weighted by Gasteiger charge is 2.22. The third kappa shape index (κ3) is 2.18. The van der Waals surface area contributed by atoms with Crippen molar-refractivity contribution in [2.75, 3.05) is 32.0 Å². The van der Waals surface area contributed by atoms with E-state index in [1.807, 2.05) is 0 Å². The molecule has 88 valence electrons. The lowest BCUT2D eigenvalue weighted by molar-refractivity contribution is 0.0743. The number of hydrogen-bond donors (Lipinski definition) is 2. The maximum atomic E-state index is 12.4. The SMILES string of the molecule is N=S(=O)(c1cccc(N)c1)N1CCOCC1. The molecule has 0 radical (unpaired) electrons. The molecule has 3 N–H and O–H groups in total. The third-order valence-electron chi connectivity index (χ3n) is 2.51. The van der Waals surface area contributed by atoms with Gasteiger partial charge >= 0.3 is 0 Å². The van der Waals surface area contributed by atoms with Gasteiger partial charge in [-0.1, -0.05) is 6.07 Å². The first-order chi connectivity index (χ1) is 7.60. The van der Waals surface area contributed by atoms with Gasteiger partial charge < -0.3 is 10.5 Å². The van der Waals surface area contributed by atoms with Gasteiger partial charge in [0.05, 0.1) is 18.1 Å². The van der Waals surface area contributed by atoms with Gasteiger partial charge in [0.2, 0.25) is 0 Å². The van der Waals surface area contributed by atoms with Crippen molar-refractivity contribution in [2.24, 2.45) is 0 Å². The summed E-state index contributed by atoms with van der Waals surface area (Å²) in [4.78, 5) is 0.467. The zero-order valence-electron chi connectivity index (χ0n) is 8.89. The van der Waals surface area contributed by atoms with Gasteiger partial charge in [-0.25, -0.2) is 13.3 Å². The molecule has 1 unspecified atom stereocenters. The molecule has 1 aromatic rings. The third-order valence-corrected chi connectivity index (χ3v) is 4.50. The van der Waals surface area contributed by atoms with Crippen LogP contribution in [0, 0.1) is 4.78 Å². The van der Waals surface area contributed by atoms with E-state index in [2.05, 4.69) is 0 Å². The number of anilines is 1. The van der Waals surface area contributed by atoms with E-state index in [0.717, 1.165) is 0 Å². The number of nitrogens with zero attached hydrogens (tertiary/aromatic N) is 1. The topological polar surface area (TPSA) is 79.4 Å². The number of hydrogen-bond acceptors (Lipinski definition) is 4. The second-order valence-corrected chi connectivity index (χ2v) is 5.68. The van der Waals surface area contributed by atoms with Gasteiger partial charge in [0.15, 0.2) is 0 Å². The normalized spacial score (nSPS) is 21.5. The van der Waals surface area contributed by atoms with Crippen LogP contribution in [-0.4, -0.2) is 34.8 Å². The molecule has 5 nitrogen and oxygen atoms in total. The Morgan fingerprint density at radius 1 is 1.38 bits per heavy atom. The minimum absolute atomic E-state index is 0.467. The Balaban J connectivity index is 2.30. The van der Waals surface area contributed by atoms with E-state index in [1.165, 1.54) is 0 Å². The Bertz CT molecular complexity index is 467. The lowest BCUT2D eigenvalue weighted by atomic mass is 10.3. The molecule has 1 saturated heterocycles. The Labute approximate surface area is 95.3 Å². The largest absolute Gasteiger partial charge is 0.399 e. The number of nitrogen functional groups attached to an aromatic ring is 1. The molecule has 0 aromatic heterocycles. The lowest BCUT2D eigenvalue weighted by Gasteiger charge is -2.28. The summed E-state index contributed by atoms with van der Waals surface area (Å²) in [5, 5.41) is 0. The van der Waals surface area contributed by atoms with Gasteiger partial charge in [0, 0.05) is 18.8 Å². The molecule has 1 aliphatic rings. The van der Waals surface area contributed by atoms with Crippen LogP contribution in [0.1, 0.15) is 0 Å². The van der Waals surface area contributed by atoms with Crippen molar-refractivity contribution in [1.82, 2.24) is 4.31 Å². The minimum atomic E-state index is -2.91. The highest BCUT2D eigenvalue weighted by molar-refractivity contribution is 7.90. The molecule has 0 aliphatic carbocycles. The van der Waals surface area contributed by atoms with Crippen molar-refractivity contribution >= 4 is 15.6 Å². The van der Waals surface area contributed by atoms with Crippen LogP contribution in [0.3, 0.4) is 0 Å². The van der Waals surface area contributed by atoms with E-state index >= 15 is 0 Å². The van der Waals surface area contributed by atoms with Gasteiger partial charge in [-0.3, -0.25) is 0 Å². The summed E-state index contributed by atoms with van der Waals surface area (Å²) in [6.07, 6.45) is 0. The number of ether oxygens (including phenoxy) is 1. The van der Waals surface area contributed by atoms with Crippen molar-refractivity contribution < 1.29 is 8.95 Å². The first-order valence-electron chi connectivity index (χ1n) is 5.08. The summed E-state index contributed by atoms with van der Waals surface area (Å²) >= 11 is 0. The summed E-state index contributed by atoms with van der Waals surface area (Å²) in [6, 6.07) is 6.73. The molecule has 1 heterocycles. The van der Waals surface area contributed by atoms with Gasteiger partial charge in [-0.05, 0) is 18.2 Å². The number of nitrogens with two attached hydrogens (primary N) is 1. The van der Waals surface area contributed by atoms with Crippen molar-refractivity contribution in [1.29, 1.82) is 4.78 Å². The summed E-state index contributed by atoms with van der Waals surface area (Å²) in [5.74, 6) is 0. The van der Waals surface area contributed by atoms with Crippen molar-refractivity contribution in [3.8, 4) is 0 Å². The van der Waals surface area contributed by atoms with E-state index in [9.17, 15) is 4.21 Å². The molecule has 0 saturated carbocycles.